The van der Waals surface area contributed by atoms with Gasteiger partial charge in [0.1, 0.15) is 6.54 Å². The van der Waals surface area contributed by atoms with Crippen LogP contribution in [0.2, 0.25) is 0 Å². The first-order valence-electron chi connectivity index (χ1n) is 3.11. The molecule has 1 aliphatic heterocycles. The van der Waals surface area contributed by atoms with Crippen molar-refractivity contribution in [3.8, 4) is 0 Å². The maximum Gasteiger partial charge on any atom is 0.289 e. The van der Waals surface area contributed by atoms with Crippen molar-refractivity contribution in [1.29, 1.82) is 0 Å². The lowest BCUT2D eigenvalue weighted by Gasteiger charge is -2.10. The minimum absolute atomic E-state index is 0.108. The minimum Gasteiger partial charge on any atom is -0.293 e. The molecule has 1 rings (SSSR count). The number of rotatable bonds is 2. The van der Waals surface area contributed by atoms with E-state index in [1.807, 2.05) is 5.43 Å². The summed E-state index contributed by atoms with van der Waals surface area (Å²) in [6, 6.07) is 0. The Morgan fingerprint density at radius 3 is 2.75 bits per heavy atom. The highest BCUT2D eigenvalue weighted by Gasteiger charge is 2.31. The average Bonchev–Trinajstić information content (AvgIpc) is 2.35. The molecule has 0 spiro atoms. The standard InChI is InChI=1S/C5H7N3O3S/c6-7-3(9)1-8-4(10)2-12-5(8)11/h1-2,6H2,(H,7,9). The lowest BCUT2D eigenvalue weighted by molar-refractivity contribution is -0.130. The number of hydrogen-bond acceptors (Lipinski definition) is 5. The highest BCUT2D eigenvalue weighted by molar-refractivity contribution is 8.14. The van der Waals surface area contributed by atoms with E-state index in [0.29, 0.717) is 0 Å². The van der Waals surface area contributed by atoms with E-state index >= 15 is 0 Å². The van der Waals surface area contributed by atoms with Gasteiger partial charge in [-0.25, -0.2) is 5.84 Å². The summed E-state index contributed by atoms with van der Waals surface area (Å²) in [6.07, 6.45) is 0. The van der Waals surface area contributed by atoms with Gasteiger partial charge >= 0.3 is 0 Å². The van der Waals surface area contributed by atoms with Gasteiger partial charge in [-0.2, -0.15) is 0 Å². The van der Waals surface area contributed by atoms with Gasteiger partial charge in [0.05, 0.1) is 5.75 Å². The average molecular weight is 189 g/mol. The molecule has 0 radical (unpaired) electrons. The molecule has 6 nitrogen and oxygen atoms in total. The number of carbonyl (C=O) groups is 3. The molecule has 3 amide bonds. The van der Waals surface area contributed by atoms with Crippen molar-refractivity contribution in [1.82, 2.24) is 10.3 Å². The first-order valence-corrected chi connectivity index (χ1v) is 4.10. The first-order chi connectivity index (χ1) is 5.65. The Morgan fingerprint density at radius 2 is 2.33 bits per heavy atom. The molecule has 1 heterocycles. The van der Waals surface area contributed by atoms with Crippen molar-refractivity contribution in [3.05, 3.63) is 0 Å². The zero-order chi connectivity index (χ0) is 9.14. The summed E-state index contributed by atoms with van der Waals surface area (Å²) in [6.45, 7) is -0.291. The molecule has 0 unspecified atom stereocenters. The van der Waals surface area contributed by atoms with Gasteiger partial charge < -0.3 is 0 Å². The number of nitrogens with one attached hydrogen (secondary N) is 1. The van der Waals surface area contributed by atoms with E-state index in [4.69, 9.17) is 5.84 Å². The number of imide groups is 1. The van der Waals surface area contributed by atoms with E-state index in [-0.39, 0.29) is 18.2 Å². The Kier molecular flexibility index (Phi) is 2.66. The zero-order valence-corrected chi connectivity index (χ0v) is 6.89. The maximum absolute atomic E-state index is 10.9. The van der Waals surface area contributed by atoms with Crippen LogP contribution < -0.4 is 11.3 Å². The van der Waals surface area contributed by atoms with Crippen molar-refractivity contribution in [2.75, 3.05) is 12.3 Å². The second-order valence-corrected chi connectivity index (χ2v) is 3.03. The van der Waals surface area contributed by atoms with E-state index in [1.165, 1.54) is 0 Å². The second-order valence-electron chi connectivity index (χ2n) is 2.10. The number of amides is 3. The molecule has 0 aromatic rings. The lowest BCUT2D eigenvalue weighted by atomic mass is 10.5. The van der Waals surface area contributed by atoms with Crippen molar-refractivity contribution in [2.24, 2.45) is 5.84 Å². The van der Waals surface area contributed by atoms with Crippen LogP contribution in [-0.4, -0.2) is 34.3 Å². The molecule has 3 N–H and O–H groups in total. The highest BCUT2D eigenvalue weighted by atomic mass is 32.2. The Labute approximate surface area is 72.4 Å². The molecule has 0 aromatic heterocycles. The molecule has 7 heteroatoms. The summed E-state index contributed by atoms with van der Waals surface area (Å²) < 4.78 is 0. The molecule has 1 fully saturated rings. The van der Waals surface area contributed by atoms with Gasteiger partial charge in [0, 0.05) is 0 Å². The van der Waals surface area contributed by atoms with E-state index < -0.39 is 11.1 Å². The fraction of sp³-hybridized carbons (Fsp3) is 0.400. The Morgan fingerprint density at radius 1 is 1.67 bits per heavy atom. The van der Waals surface area contributed by atoms with Crippen LogP contribution in [0.25, 0.3) is 0 Å². The summed E-state index contributed by atoms with van der Waals surface area (Å²) in [5.74, 6) is 3.98. The van der Waals surface area contributed by atoms with E-state index in [0.717, 1.165) is 16.7 Å². The normalized spacial score (nSPS) is 16.9. The maximum atomic E-state index is 10.9. The Balaban J connectivity index is 2.56. The van der Waals surface area contributed by atoms with Crippen molar-refractivity contribution in [3.63, 3.8) is 0 Å². The highest BCUT2D eigenvalue weighted by Crippen LogP contribution is 2.17. The van der Waals surface area contributed by atoms with E-state index in [2.05, 4.69) is 0 Å². The van der Waals surface area contributed by atoms with Gasteiger partial charge in [-0.05, 0) is 0 Å². The van der Waals surface area contributed by atoms with Crippen LogP contribution in [0.4, 0.5) is 4.79 Å². The largest absolute Gasteiger partial charge is 0.293 e. The van der Waals surface area contributed by atoms with E-state index in [9.17, 15) is 14.4 Å². The fourth-order valence-electron chi connectivity index (χ4n) is 0.723. The topological polar surface area (TPSA) is 92.5 Å². The third-order valence-electron chi connectivity index (χ3n) is 1.30. The monoisotopic (exact) mass is 189 g/mol. The summed E-state index contributed by atoms with van der Waals surface area (Å²) in [4.78, 5) is 33.3. The third kappa shape index (κ3) is 1.74. The molecule has 0 bridgehead atoms. The third-order valence-corrected chi connectivity index (χ3v) is 2.16. The predicted octanol–water partition coefficient (Wildman–Crippen LogP) is -1.33. The Bertz CT molecular complexity index is 226. The van der Waals surface area contributed by atoms with Gasteiger partial charge in [-0.3, -0.25) is 24.7 Å². The molecular formula is C5H7N3O3S. The number of nitrogens with zero attached hydrogens (tertiary/aromatic N) is 1. The first kappa shape index (κ1) is 9.01. The fourth-order valence-corrected chi connectivity index (χ4v) is 1.45. The molecule has 0 aromatic carbocycles. The van der Waals surface area contributed by atoms with Gasteiger partial charge in [0.15, 0.2) is 0 Å². The number of nitrogens with two attached hydrogens (primary N) is 1. The van der Waals surface area contributed by atoms with Gasteiger partial charge in [0.25, 0.3) is 11.1 Å². The summed E-state index contributed by atoms with van der Waals surface area (Å²) in [5.41, 5.74) is 1.84. The van der Waals surface area contributed by atoms with Crippen LogP contribution in [0.1, 0.15) is 0 Å². The molecule has 0 saturated carbocycles. The number of hydrazine groups is 1. The zero-order valence-electron chi connectivity index (χ0n) is 6.07. The molecule has 0 aliphatic carbocycles. The molecule has 0 atom stereocenters. The summed E-state index contributed by atoms with van der Waals surface area (Å²) >= 11 is 0.883. The number of carbonyl (C=O) groups excluding carboxylic acids is 3. The number of hydrogen-bond donors (Lipinski definition) is 2. The SMILES string of the molecule is NNC(=O)CN1C(=O)CSC1=O. The number of thioether (sulfide) groups is 1. The van der Waals surface area contributed by atoms with Crippen LogP contribution in [0, 0.1) is 0 Å². The van der Waals surface area contributed by atoms with Crippen molar-refractivity contribution in [2.45, 2.75) is 0 Å². The second kappa shape index (κ2) is 3.55. The van der Waals surface area contributed by atoms with Crippen molar-refractivity contribution < 1.29 is 14.4 Å². The van der Waals surface area contributed by atoms with Gasteiger partial charge in [-0.1, -0.05) is 11.8 Å². The van der Waals surface area contributed by atoms with Crippen LogP contribution in [0.3, 0.4) is 0 Å². The summed E-state index contributed by atoms with van der Waals surface area (Å²) in [7, 11) is 0. The minimum atomic E-state index is -0.556. The van der Waals surface area contributed by atoms with E-state index in [1.54, 1.807) is 0 Å². The summed E-state index contributed by atoms with van der Waals surface area (Å²) in [5, 5.41) is -0.399. The van der Waals surface area contributed by atoms with Crippen LogP contribution in [-0.2, 0) is 9.59 Å². The molecule has 1 saturated heterocycles. The van der Waals surface area contributed by atoms with Crippen LogP contribution in [0.5, 0.6) is 0 Å². The molecule has 1 aliphatic rings. The van der Waals surface area contributed by atoms with Crippen LogP contribution in [0.15, 0.2) is 0 Å². The van der Waals surface area contributed by atoms with Gasteiger partial charge in [0.2, 0.25) is 5.91 Å². The smallest absolute Gasteiger partial charge is 0.289 e. The predicted molar refractivity (Wildman–Crippen MR) is 41.9 cm³/mol. The molecule has 66 valence electrons. The van der Waals surface area contributed by atoms with Crippen molar-refractivity contribution >= 4 is 28.8 Å². The Hall–Kier alpha value is -1.08. The molecule has 12 heavy (non-hydrogen) atoms. The quantitative estimate of drug-likeness (QED) is 0.319. The molecular weight excluding hydrogens is 182 g/mol. The van der Waals surface area contributed by atoms with Gasteiger partial charge in [-0.15, -0.1) is 0 Å². The lowest BCUT2D eigenvalue weighted by Crippen LogP contribution is -2.42. The van der Waals surface area contributed by atoms with Crippen LogP contribution >= 0.6 is 11.8 Å².